The maximum Gasteiger partial charge on any atom is 0.375 e. The zero-order valence-electron chi connectivity index (χ0n) is 16.7. The summed E-state index contributed by atoms with van der Waals surface area (Å²) in [5.41, 5.74) is 1.97. The van der Waals surface area contributed by atoms with Crippen molar-refractivity contribution in [3.63, 3.8) is 0 Å². The first-order valence-electron chi connectivity index (χ1n) is 9.24. The minimum absolute atomic E-state index is 0.0501. The number of halogens is 1. The van der Waals surface area contributed by atoms with Crippen LogP contribution in [0.3, 0.4) is 0 Å². The van der Waals surface area contributed by atoms with Gasteiger partial charge in [-0.1, -0.05) is 30.3 Å². The van der Waals surface area contributed by atoms with Crippen molar-refractivity contribution in [1.29, 1.82) is 0 Å². The molecule has 1 aromatic heterocycles. The molecule has 0 aliphatic carbocycles. The number of aryl methyl sites for hydroxylation is 1. The van der Waals surface area contributed by atoms with Gasteiger partial charge >= 0.3 is 5.97 Å². The van der Waals surface area contributed by atoms with Crippen molar-refractivity contribution in [2.45, 2.75) is 26.9 Å². The van der Waals surface area contributed by atoms with E-state index in [1.165, 1.54) is 32.0 Å². The predicted octanol–water partition coefficient (Wildman–Crippen LogP) is 4.78. The monoisotopic (exact) mass is 409 g/mol. The Labute approximate surface area is 172 Å². The van der Waals surface area contributed by atoms with Crippen LogP contribution in [0.15, 0.2) is 59.0 Å². The lowest BCUT2D eigenvalue weighted by atomic mass is 10.1. The summed E-state index contributed by atoms with van der Waals surface area (Å²) in [6.07, 6.45) is -1.12. The molecule has 0 saturated carbocycles. The second-order valence-electron chi connectivity index (χ2n) is 6.80. The summed E-state index contributed by atoms with van der Waals surface area (Å²) in [7, 11) is 0. The molecule has 30 heavy (non-hydrogen) atoms. The van der Waals surface area contributed by atoms with Gasteiger partial charge in [0.1, 0.15) is 11.6 Å². The fourth-order valence-corrected chi connectivity index (χ4v) is 2.66. The predicted molar refractivity (Wildman–Crippen MR) is 109 cm³/mol. The molecule has 1 heterocycles. The molecule has 0 bridgehead atoms. The molecule has 0 spiro atoms. The Kier molecular flexibility index (Phi) is 6.11. The highest BCUT2D eigenvalue weighted by Crippen LogP contribution is 2.23. The zero-order valence-corrected chi connectivity index (χ0v) is 16.7. The van der Waals surface area contributed by atoms with Crippen molar-refractivity contribution >= 4 is 23.3 Å². The number of nitrogens with one attached hydrogen (secondary N) is 1. The third kappa shape index (κ3) is 4.81. The Bertz CT molecular complexity index is 1100. The van der Waals surface area contributed by atoms with E-state index in [1.807, 2.05) is 0 Å². The molecule has 0 fully saturated rings. The van der Waals surface area contributed by atoms with Crippen LogP contribution in [0, 0.1) is 12.7 Å². The van der Waals surface area contributed by atoms with Gasteiger partial charge < -0.3 is 14.5 Å². The van der Waals surface area contributed by atoms with E-state index >= 15 is 0 Å². The average molecular weight is 409 g/mol. The molecule has 0 aliphatic rings. The van der Waals surface area contributed by atoms with E-state index in [4.69, 9.17) is 9.15 Å². The number of anilines is 1. The van der Waals surface area contributed by atoms with Crippen molar-refractivity contribution in [3.8, 4) is 11.3 Å². The summed E-state index contributed by atoms with van der Waals surface area (Å²) in [6, 6.07) is 14.1. The second kappa shape index (κ2) is 8.73. The Morgan fingerprint density at radius 3 is 2.37 bits per heavy atom. The number of carbonyl (C=O) groups excluding carboxylic acids is 3. The fraction of sp³-hybridized carbons (Fsp3) is 0.174. The van der Waals surface area contributed by atoms with Gasteiger partial charge in [0.05, 0.1) is 0 Å². The molecule has 1 amide bonds. The highest BCUT2D eigenvalue weighted by atomic mass is 19.1. The number of furan rings is 1. The van der Waals surface area contributed by atoms with E-state index < -0.39 is 23.8 Å². The molecule has 7 heteroatoms. The molecule has 1 atom stereocenters. The van der Waals surface area contributed by atoms with Crippen LogP contribution in [0.5, 0.6) is 0 Å². The normalized spacial score (nSPS) is 11.6. The standard InChI is InChI=1S/C23H20FNO5/c1-13-4-9-18(12-19(13)24)25-22(27)15(3)29-23(28)21-11-10-20(30-21)17-7-5-16(6-8-17)14(2)26/h4-12,15H,1-3H3,(H,25,27)/t15-/m1/s1. The summed E-state index contributed by atoms with van der Waals surface area (Å²) >= 11 is 0. The zero-order chi connectivity index (χ0) is 21.8. The Morgan fingerprint density at radius 1 is 1.03 bits per heavy atom. The van der Waals surface area contributed by atoms with Gasteiger partial charge in [-0.2, -0.15) is 0 Å². The van der Waals surface area contributed by atoms with Crippen LogP contribution in [0.1, 0.15) is 40.3 Å². The molecule has 3 rings (SSSR count). The first kappa shape index (κ1) is 21.0. The van der Waals surface area contributed by atoms with E-state index in [0.717, 1.165) is 0 Å². The number of amides is 1. The van der Waals surface area contributed by atoms with Crippen molar-refractivity contribution in [2.24, 2.45) is 0 Å². The first-order valence-corrected chi connectivity index (χ1v) is 9.24. The lowest BCUT2D eigenvalue weighted by Gasteiger charge is -2.13. The molecular weight excluding hydrogens is 389 g/mol. The van der Waals surface area contributed by atoms with Gasteiger partial charge in [0.15, 0.2) is 11.9 Å². The van der Waals surface area contributed by atoms with Crippen LogP contribution < -0.4 is 5.32 Å². The summed E-state index contributed by atoms with van der Waals surface area (Å²) in [5, 5.41) is 2.50. The topological polar surface area (TPSA) is 85.6 Å². The largest absolute Gasteiger partial charge is 0.449 e. The van der Waals surface area contributed by atoms with Gasteiger partial charge in [-0.05, 0) is 50.6 Å². The van der Waals surface area contributed by atoms with E-state index in [1.54, 1.807) is 43.3 Å². The highest BCUT2D eigenvalue weighted by molar-refractivity contribution is 5.97. The van der Waals surface area contributed by atoms with Crippen LogP contribution >= 0.6 is 0 Å². The molecule has 1 N–H and O–H groups in total. The van der Waals surface area contributed by atoms with E-state index in [9.17, 15) is 18.8 Å². The SMILES string of the molecule is CC(=O)c1ccc(-c2ccc(C(=O)O[C@H](C)C(=O)Nc3ccc(C)c(F)c3)o2)cc1. The third-order valence-electron chi connectivity index (χ3n) is 4.48. The van der Waals surface area contributed by atoms with Gasteiger partial charge in [-0.15, -0.1) is 0 Å². The minimum atomic E-state index is -1.12. The van der Waals surface area contributed by atoms with E-state index in [2.05, 4.69) is 5.32 Å². The molecular formula is C23H20FNO5. The minimum Gasteiger partial charge on any atom is -0.449 e. The quantitative estimate of drug-likeness (QED) is 0.468. The van der Waals surface area contributed by atoms with Crippen LogP contribution in [0.25, 0.3) is 11.3 Å². The molecule has 0 unspecified atom stereocenters. The van der Waals surface area contributed by atoms with Gasteiger partial charge in [-0.3, -0.25) is 9.59 Å². The molecule has 0 radical (unpaired) electrons. The summed E-state index contributed by atoms with van der Waals surface area (Å²) in [4.78, 5) is 35.9. The average Bonchev–Trinajstić information content (AvgIpc) is 3.21. The number of ether oxygens (including phenoxy) is 1. The third-order valence-corrected chi connectivity index (χ3v) is 4.48. The molecule has 6 nitrogen and oxygen atoms in total. The Balaban J connectivity index is 1.63. The smallest absolute Gasteiger partial charge is 0.375 e. The van der Waals surface area contributed by atoms with Gasteiger partial charge in [0, 0.05) is 16.8 Å². The molecule has 2 aromatic carbocycles. The first-order chi connectivity index (χ1) is 14.2. The summed E-state index contributed by atoms with van der Waals surface area (Å²) in [6.45, 7) is 4.49. The molecule has 3 aromatic rings. The number of ketones is 1. The van der Waals surface area contributed by atoms with Crippen LogP contribution in [-0.2, 0) is 9.53 Å². The lowest BCUT2D eigenvalue weighted by molar-refractivity contribution is -0.123. The van der Waals surface area contributed by atoms with E-state index in [-0.39, 0.29) is 17.2 Å². The van der Waals surface area contributed by atoms with E-state index in [0.29, 0.717) is 22.5 Å². The van der Waals surface area contributed by atoms with Crippen LogP contribution in [-0.4, -0.2) is 23.8 Å². The summed E-state index contributed by atoms with van der Waals surface area (Å²) in [5.74, 6) is -1.55. The maximum absolute atomic E-state index is 13.6. The number of benzene rings is 2. The highest BCUT2D eigenvalue weighted by Gasteiger charge is 2.22. The van der Waals surface area contributed by atoms with Crippen molar-refractivity contribution in [2.75, 3.05) is 5.32 Å². The molecule has 154 valence electrons. The number of rotatable bonds is 6. The van der Waals surface area contributed by atoms with Gasteiger partial charge in [0.2, 0.25) is 5.76 Å². The van der Waals surface area contributed by atoms with Gasteiger partial charge in [0.25, 0.3) is 5.91 Å². The number of esters is 1. The van der Waals surface area contributed by atoms with Crippen LogP contribution in [0.4, 0.5) is 10.1 Å². The fourth-order valence-electron chi connectivity index (χ4n) is 2.66. The number of hydrogen-bond donors (Lipinski definition) is 1. The molecule has 0 saturated heterocycles. The van der Waals surface area contributed by atoms with Crippen molar-refractivity contribution < 1.29 is 27.9 Å². The number of hydrogen-bond acceptors (Lipinski definition) is 5. The van der Waals surface area contributed by atoms with Crippen LogP contribution in [0.2, 0.25) is 0 Å². The number of carbonyl (C=O) groups is 3. The Morgan fingerprint density at radius 2 is 1.73 bits per heavy atom. The summed E-state index contributed by atoms with van der Waals surface area (Å²) < 4.78 is 24.3. The van der Waals surface area contributed by atoms with Gasteiger partial charge in [-0.25, -0.2) is 9.18 Å². The Hall–Kier alpha value is -3.74. The maximum atomic E-state index is 13.6. The van der Waals surface area contributed by atoms with Crippen molar-refractivity contribution in [3.05, 3.63) is 77.3 Å². The molecule has 0 aliphatic heterocycles. The second-order valence-corrected chi connectivity index (χ2v) is 6.80. The lowest BCUT2D eigenvalue weighted by Crippen LogP contribution is -2.29. The van der Waals surface area contributed by atoms with Crippen molar-refractivity contribution in [1.82, 2.24) is 0 Å². The number of Topliss-reactive ketones (excluding diaryl/α,β-unsaturated/α-hetero) is 1.